The minimum atomic E-state index is 0.218. The molecule has 0 saturated heterocycles. The molecule has 1 fully saturated rings. The highest BCUT2D eigenvalue weighted by atomic mass is 16.5. The molecular formula is C17H24N2O2. The van der Waals surface area contributed by atoms with Crippen molar-refractivity contribution in [1.82, 2.24) is 5.32 Å². The third kappa shape index (κ3) is 4.73. The van der Waals surface area contributed by atoms with E-state index >= 15 is 0 Å². The van der Waals surface area contributed by atoms with E-state index in [1.165, 1.54) is 0 Å². The topological polar surface area (TPSA) is 54.3 Å². The number of hydrogen-bond donors (Lipinski definition) is 1. The number of rotatable bonds is 6. The number of hydrogen-bond acceptors (Lipinski definition) is 4. The Morgan fingerprint density at radius 3 is 2.67 bits per heavy atom. The van der Waals surface area contributed by atoms with Crippen molar-refractivity contribution in [2.24, 2.45) is 0 Å². The van der Waals surface area contributed by atoms with Crippen LogP contribution in [0.4, 0.5) is 0 Å². The Labute approximate surface area is 127 Å². The van der Waals surface area contributed by atoms with Crippen molar-refractivity contribution in [3.05, 3.63) is 29.8 Å². The third-order valence-electron chi connectivity index (χ3n) is 3.91. The third-order valence-corrected chi connectivity index (χ3v) is 3.91. The zero-order chi connectivity index (χ0) is 15.1. The Balaban J connectivity index is 1.80. The molecule has 1 N–H and O–H groups in total. The van der Waals surface area contributed by atoms with E-state index in [0.29, 0.717) is 23.4 Å². The fraction of sp³-hybridized carbons (Fsp3) is 0.588. The molecule has 0 radical (unpaired) electrons. The van der Waals surface area contributed by atoms with Crippen LogP contribution in [0, 0.1) is 11.3 Å². The maximum Gasteiger partial charge on any atom is 0.137 e. The van der Waals surface area contributed by atoms with Crippen LogP contribution >= 0.6 is 0 Å². The van der Waals surface area contributed by atoms with Crippen LogP contribution in [-0.2, 0) is 4.74 Å². The van der Waals surface area contributed by atoms with Crippen molar-refractivity contribution in [2.45, 2.75) is 50.8 Å². The fourth-order valence-electron chi connectivity index (χ4n) is 2.89. The van der Waals surface area contributed by atoms with E-state index in [9.17, 15) is 0 Å². The van der Waals surface area contributed by atoms with E-state index < -0.39 is 0 Å². The number of benzene rings is 1. The van der Waals surface area contributed by atoms with Crippen molar-refractivity contribution < 1.29 is 9.47 Å². The van der Waals surface area contributed by atoms with Crippen molar-refractivity contribution in [2.75, 3.05) is 13.7 Å². The highest BCUT2D eigenvalue weighted by Gasteiger charge is 2.23. The SMILES string of the molecule is COC[C@@H](C)NC1CCC(Oc2ccccc2C#N)CC1. The summed E-state index contributed by atoms with van der Waals surface area (Å²) in [5.74, 6) is 0.712. The molecule has 0 unspecified atom stereocenters. The van der Waals surface area contributed by atoms with Crippen LogP contribution < -0.4 is 10.1 Å². The molecule has 1 aliphatic rings. The fourth-order valence-corrected chi connectivity index (χ4v) is 2.89. The molecule has 1 aliphatic carbocycles. The Kier molecular flexibility index (Phi) is 6.04. The summed E-state index contributed by atoms with van der Waals surface area (Å²) in [7, 11) is 1.73. The van der Waals surface area contributed by atoms with E-state index in [4.69, 9.17) is 14.7 Å². The van der Waals surface area contributed by atoms with Gasteiger partial charge in [-0.05, 0) is 44.7 Å². The van der Waals surface area contributed by atoms with Gasteiger partial charge in [-0.15, -0.1) is 0 Å². The van der Waals surface area contributed by atoms with Gasteiger partial charge in [-0.3, -0.25) is 0 Å². The minimum absolute atomic E-state index is 0.218. The van der Waals surface area contributed by atoms with E-state index in [-0.39, 0.29) is 6.10 Å². The standard InChI is InChI=1S/C17H24N2O2/c1-13(12-20-2)19-15-7-9-16(10-8-15)21-17-6-4-3-5-14(17)11-18/h3-6,13,15-16,19H,7-10,12H2,1-2H3/t13-,15?,16?/m1/s1. The first kappa shape index (κ1) is 15.8. The van der Waals surface area contributed by atoms with Gasteiger partial charge in [-0.2, -0.15) is 5.26 Å². The molecule has 1 aromatic carbocycles. The zero-order valence-corrected chi connectivity index (χ0v) is 12.8. The summed E-state index contributed by atoms with van der Waals surface area (Å²) in [6.07, 6.45) is 4.48. The predicted molar refractivity (Wildman–Crippen MR) is 82.3 cm³/mol. The maximum absolute atomic E-state index is 9.09. The average molecular weight is 288 g/mol. The predicted octanol–water partition coefficient (Wildman–Crippen LogP) is 2.87. The summed E-state index contributed by atoms with van der Waals surface area (Å²) in [5, 5.41) is 12.7. The molecule has 4 heteroatoms. The lowest BCUT2D eigenvalue weighted by Gasteiger charge is -2.31. The molecular weight excluding hydrogens is 264 g/mol. The Morgan fingerprint density at radius 1 is 1.29 bits per heavy atom. The molecule has 0 aromatic heterocycles. The number of nitrogens with one attached hydrogen (secondary N) is 1. The Hall–Kier alpha value is -1.57. The van der Waals surface area contributed by atoms with Gasteiger partial charge in [0.15, 0.2) is 0 Å². The van der Waals surface area contributed by atoms with Gasteiger partial charge in [0.1, 0.15) is 11.8 Å². The van der Waals surface area contributed by atoms with Gasteiger partial charge in [0, 0.05) is 19.2 Å². The first-order valence-corrected chi connectivity index (χ1v) is 7.63. The van der Waals surface area contributed by atoms with Gasteiger partial charge >= 0.3 is 0 Å². The summed E-state index contributed by atoms with van der Waals surface area (Å²) in [4.78, 5) is 0. The zero-order valence-electron chi connectivity index (χ0n) is 12.8. The molecule has 0 bridgehead atoms. The molecule has 1 saturated carbocycles. The number of ether oxygens (including phenoxy) is 2. The van der Waals surface area contributed by atoms with Gasteiger partial charge in [0.2, 0.25) is 0 Å². The summed E-state index contributed by atoms with van der Waals surface area (Å²) in [5.41, 5.74) is 0.617. The van der Waals surface area contributed by atoms with Gasteiger partial charge in [0.25, 0.3) is 0 Å². The summed E-state index contributed by atoms with van der Waals surface area (Å²) < 4.78 is 11.2. The molecule has 0 aliphatic heterocycles. The summed E-state index contributed by atoms with van der Waals surface area (Å²) in [6, 6.07) is 10.6. The Bertz CT molecular complexity index is 476. The first-order valence-electron chi connectivity index (χ1n) is 7.63. The molecule has 4 nitrogen and oxygen atoms in total. The quantitative estimate of drug-likeness (QED) is 0.874. The number of nitriles is 1. The van der Waals surface area contributed by atoms with Crippen LogP contribution in [-0.4, -0.2) is 31.9 Å². The average Bonchev–Trinajstić information content (AvgIpc) is 2.50. The lowest BCUT2D eigenvalue weighted by Crippen LogP contribution is -2.42. The van der Waals surface area contributed by atoms with Gasteiger partial charge in [-0.1, -0.05) is 12.1 Å². The van der Waals surface area contributed by atoms with E-state index in [2.05, 4.69) is 18.3 Å². The van der Waals surface area contributed by atoms with Gasteiger partial charge in [0.05, 0.1) is 18.3 Å². The van der Waals surface area contributed by atoms with Crippen LogP contribution in [0.25, 0.3) is 0 Å². The van der Waals surface area contributed by atoms with Crippen LogP contribution in [0.1, 0.15) is 38.2 Å². The lowest BCUT2D eigenvalue weighted by atomic mass is 9.92. The second-order valence-corrected chi connectivity index (χ2v) is 5.72. The van der Waals surface area contributed by atoms with Crippen LogP contribution in [0.2, 0.25) is 0 Å². The molecule has 0 heterocycles. The largest absolute Gasteiger partial charge is 0.489 e. The van der Waals surface area contributed by atoms with Gasteiger partial charge in [-0.25, -0.2) is 0 Å². The Morgan fingerprint density at radius 2 is 2.00 bits per heavy atom. The van der Waals surface area contributed by atoms with Crippen molar-refractivity contribution in [3.8, 4) is 11.8 Å². The highest BCUT2D eigenvalue weighted by Crippen LogP contribution is 2.26. The molecule has 21 heavy (non-hydrogen) atoms. The molecule has 0 amide bonds. The van der Waals surface area contributed by atoms with Gasteiger partial charge < -0.3 is 14.8 Å². The second-order valence-electron chi connectivity index (χ2n) is 5.72. The molecule has 1 atom stereocenters. The summed E-state index contributed by atoms with van der Waals surface area (Å²) >= 11 is 0. The van der Waals surface area contributed by atoms with E-state index in [1.54, 1.807) is 13.2 Å². The van der Waals surface area contributed by atoms with Crippen LogP contribution in [0.3, 0.4) is 0 Å². The number of para-hydroxylation sites is 1. The van der Waals surface area contributed by atoms with Crippen LogP contribution in [0.5, 0.6) is 5.75 Å². The number of methoxy groups -OCH3 is 1. The monoisotopic (exact) mass is 288 g/mol. The maximum atomic E-state index is 9.09. The summed E-state index contributed by atoms with van der Waals surface area (Å²) in [6.45, 7) is 2.89. The smallest absolute Gasteiger partial charge is 0.137 e. The molecule has 1 aromatic rings. The van der Waals surface area contributed by atoms with E-state index in [1.807, 2.05) is 18.2 Å². The van der Waals surface area contributed by atoms with Crippen molar-refractivity contribution >= 4 is 0 Å². The van der Waals surface area contributed by atoms with E-state index in [0.717, 1.165) is 32.3 Å². The minimum Gasteiger partial charge on any atom is -0.489 e. The molecule has 2 rings (SSSR count). The van der Waals surface area contributed by atoms with Crippen molar-refractivity contribution in [3.63, 3.8) is 0 Å². The normalized spacial score (nSPS) is 23.3. The molecule has 0 spiro atoms. The van der Waals surface area contributed by atoms with Crippen molar-refractivity contribution in [1.29, 1.82) is 5.26 Å². The van der Waals surface area contributed by atoms with Crippen LogP contribution in [0.15, 0.2) is 24.3 Å². The first-order chi connectivity index (χ1) is 10.2. The number of nitrogens with zero attached hydrogens (tertiary/aromatic N) is 1. The molecule has 114 valence electrons. The second kappa shape index (κ2) is 8.02. The lowest BCUT2D eigenvalue weighted by molar-refractivity contribution is 0.124. The highest BCUT2D eigenvalue weighted by molar-refractivity contribution is 5.42.